The van der Waals surface area contributed by atoms with Crippen molar-refractivity contribution in [1.29, 1.82) is 0 Å². The molecule has 6 heteroatoms. The summed E-state index contributed by atoms with van der Waals surface area (Å²) in [6.45, 7) is 1.76. The number of esters is 1. The van der Waals surface area contributed by atoms with Gasteiger partial charge in [-0.2, -0.15) is 5.10 Å². The van der Waals surface area contributed by atoms with Gasteiger partial charge in [-0.05, 0) is 6.92 Å². The summed E-state index contributed by atoms with van der Waals surface area (Å²) in [5.74, 6) is -0.517. The molecule has 0 aliphatic heterocycles. The Morgan fingerprint density at radius 2 is 2.47 bits per heavy atom. The number of carbonyl (C=O) groups is 1. The Kier molecular flexibility index (Phi) is 3.81. The molecule has 0 saturated heterocycles. The van der Waals surface area contributed by atoms with Gasteiger partial charge in [0.1, 0.15) is 0 Å². The van der Waals surface area contributed by atoms with Crippen molar-refractivity contribution in [3.8, 4) is 0 Å². The molecule has 3 N–H and O–H groups in total. The molecule has 0 aliphatic rings. The number of nitrogens with zero attached hydrogens (tertiary/aromatic N) is 2. The number of hydrogen-bond donors (Lipinski definition) is 2. The van der Waals surface area contributed by atoms with Crippen LogP contribution in [0, 0.1) is 0 Å². The zero-order valence-corrected chi connectivity index (χ0v) is 8.80. The van der Waals surface area contributed by atoms with E-state index in [1.807, 2.05) is 0 Å². The van der Waals surface area contributed by atoms with Gasteiger partial charge in [-0.15, -0.1) is 0 Å². The molecule has 1 unspecified atom stereocenters. The van der Waals surface area contributed by atoms with Crippen LogP contribution in [-0.4, -0.2) is 34.1 Å². The molecule has 1 atom stereocenters. The highest BCUT2D eigenvalue weighted by Crippen LogP contribution is 2.15. The van der Waals surface area contributed by atoms with Crippen LogP contribution in [0.25, 0.3) is 0 Å². The maximum absolute atomic E-state index is 11.5. The fraction of sp³-hybridized carbons (Fsp3) is 0.556. The van der Waals surface area contributed by atoms with E-state index in [9.17, 15) is 4.79 Å². The molecule has 0 fully saturated rings. The van der Waals surface area contributed by atoms with Crippen LogP contribution in [-0.2, 0) is 11.8 Å². The number of ether oxygens (including phenoxy) is 1. The number of nitrogens with two attached hydrogens (primary N) is 1. The smallest absolute Gasteiger partial charge is 0.359 e. The average molecular weight is 213 g/mol. The highest BCUT2D eigenvalue weighted by Gasteiger charge is 2.21. The Morgan fingerprint density at radius 3 is 3.00 bits per heavy atom. The van der Waals surface area contributed by atoms with E-state index < -0.39 is 12.0 Å². The van der Waals surface area contributed by atoms with Gasteiger partial charge >= 0.3 is 5.97 Å². The van der Waals surface area contributed by atoms with Gasteiger partial charge in [-0.3, -0.25) is 4.68 Å². The fourth-order valence-corrected chi connectivity index (χ4v) is 1.23. The predicted octanol–water partition coefficient (Wildman–Crippen LogP) is -0.411. The van der Waals surface area contributed by atoms with Crippen molar-refractivity contribution >= 4 is 5.97 Å². The van der Waals surface area contributed by atoms with Gasteiger partial charge in [0.25, 0.3) is 0 Å². The summed E-state index contributed by atoms with van der Waals surface area (Å²) in [6.07, 6.45) is 1.60. The number of carbonyl (C=O) groups excluding carboxylic acids is 1. The average Bonchev–Trinajstić information content (AvgIpc) is 2.59. The topological polar surface area (TPSA) is 90.4 Å². The Bertz CT molecular complexity index is 348. The van der Waals surface area contributed by atoms with E-state index in [-0.39, 0.29) is 18.9 Å². The van der Waals surface area contributed by atoms with E-state index in [4.69, 9.17) is 15.6 Å². The monoisotopic (exact) mass is 213 g/mol. The van der Waals surface area contributed by atoms with Crippen molar-refractivity contribution in [3.05, 3.63) is 17.5 Å². The first-order valence-electron chi connectivity index (χ1n) is 4.67. The summed E-state index contributed by atoms with van der Waals surface area (Å²) in [4.78, 5) is 11.5. The van der Waals surface area contributed by atoms with Crippen molar-refractivity contribution in [1.82, 2.24) is 9.78 Å². The van der Waals surface area contributed by atoms with Crippen molar-refractivity contribution in [2.24, 2.45) is 12.8 Å². The summed E-state index contributed by atoms with van der Waals surface area (Å²) in [6, 6.07) is -0.613. The lowest BCUT2D eigenvalue weighted by molar-refractivity contribution is 0.0516. The van der Waals surface area contributed by atoms with Crippen LogP contribution in [0.4, 0.5) is 0 Å². The number of aliphatic hydroxyl groups is 1. The van der Waals surface area contributed by atoms with Crippen molar-refractivity contribution in [2.75, 3.05) is 13.2 Å². The third-order valence-electron chi connectivity index (χ3n) is 1.92. The maximum Gasteiger partial charge on any atom is 0.359 e. The van der Waals surface area contributed by atoms with Gasteiger partial charge in [-0.1, -0.05) is 0 Å². The number of aliphatic hydroxyl groups excluding tert-OH is 1. The summed E-state index contributed by atoms with van der Waals surface area (Å²) in [5.41, 5.74) is 6.30. The minimum Gasteiger partial charge on any atom is -0.461 e. The van der Waals surface area contributed by atoms with Crippen molar-refractivity contribution < 1.29 is 14.6 Å². The highest BCUT2D eigenvalue weighted by molar-refractivity contribution is 5.89. The quantitative estimate of drug-likeness (QED) is 0.663. The van der Waals surface area contributed by atoms with Crippen LogP contribution in [0.2, 0.25) is 0 Å². The second kappa shape index (κ2) is 4.90. The van der Waals surface area contributed by atoms with Gasteiger partial charge in [0, 0.05) is 18.8 Å². The highest BCUT2D eigenvalue weighted by atomic mass is 16.5. The Morgan fingerprint density at radius 1 is 1.80 bits per heavy atom. The van der Waals surface area contributed by atoms with E-state index in [1.54, 1.807) is 20.2 Å². The van der Waals surface area contributed by atoms with E-state index in [0.717, 1.165) is 0 Å². The fourth-order valence-electron chi connectivity index (χ4n) is 1.23. The summed E-state index contributed by atoms with van der Waals surface area (Å²) >= 11 is 0. The molecule has 1 aromatic heterocycles. The number of aryl methyl sites for hydroxylation is 1. The molecule has 0 spiro atoms. The van der Waals surface area contributed by atoms with Gasteiger partial charge in [-0.25, -0.2) is 4.79 Å². The molecule has 0 aliphatic carbocycles. The molecule has 84 valence electrons. The van der Waals surface area contributed by atoms with Crippen LogP contribution < -0.4 is 5.73 Å². The van der Waals surface area contributed by atoms with Crippen LogP contribution in [0.15, 0.2) is 6.20 Å². The van der Waals surface area contributed by atoms with E-state index in [0.29, 0.717) is 5.56 Å². The second-order valence-electron chi connectivity index (χ2n) is 3.12. The minimum atomic E-state index is -0.613. The number of aromatic nitrogens is 2. The third kappa shape index (κ3) is 2.54. The van der Waals surface area contributed by atoms with E-state index in [1.165, 1.54) is 4.68 Å². The molecule has 6 nitrogen and oxygen atoms in total. The number of rotatable bonds is 4. The predicted molar refractivity (Wildman–Crippen MR) is 53.2 cm³/mol. The van der Waals surface area contributed by atoms with Crippen LogP contribution in [0.5, 0.6) is 0 Å². The zero-order chi connectivity index (χ0) is 11.4. The first-order chi connectivity index (χ1) is 7.10. The van der Waals surface area contributed by atoms with Gasteiger partial charge in [0.05, 0.1) is 19.3 Å². The molecule has 1 rings (SSSR count). The first-order valence-corrected chi connectivity index (χ1v) is 4.67. The van der Waals surface area contributed by atoms with Gasteiger partial charge in [0.2, 0.25) is 0 Å². The van der Waals surface area contributed by atoms with E-state index in [2.05, 4.69) is 5.10 Å². The van der Waals surface area contributed by atoms with Gasteiger partial charge in [0.15, 0.2) is 5.69 Å². The molecule has 0 radical (unpaired) electrons. The van der Waals surface area contributed by atoms with Crippen LogP contribution in [0.1, 0.15) is 29.0 Å². The number of hydrogen-bond acceptors (Lipinski definition) is 5. The zero-order valence-electron chi connectivity index (χ0n) is 8.80. The largest absolute Gasteiger partial charge is 0.461 e. The third-order valence-corrected chi connectivity index (χ3v) is 1.92. The molecule has 1 aromatic rings. The molecule has 1 heterocycles. The molecular weight excluding hydrogens is 198 g/mol. The molecule has 0 aromatic carbocycles. The molecule has 0 bridgehead atoms. The summed E-state index contributed by atoms with van der Waals surface area (Å²) in [7, 11) is 1.68. The van der Waals surface area contributed by atoms with Crippen LogP contribution in [0.3, 0.4) is 0 Å². The van der Waals surface area contributed by atoms with Crippen LogP contribution >= 0.6 is 0 Å². The summed E-state index contributed by atoms with van der Waals surface area (Å²) < 4.78 is 6.29. The Balaban J connectivity index is 3.00. The molecule has 0 amide bonds. The first kappa shape index (κ1) is 11.7. The van der Waals surface area contributed by atoms with E-state index >= 15 is 0 Å². The van der Waals surface area contributed by atoms with Crippen molar-refractivity contribution in [3.63, 3.8) is 0 Å². The minimum absolute atomic E-state index is 0.168. The normalized spacial score (nSPS) is 12.5. The van der Waals surface area contributed by atoms with Crippen molar-refractivity contribution in [2.45, 2.75) is 13.0 Å². The lowest BCUT2D eigenvalue weighted by Gasteiger charge is -2.06. The molecule has 15 heavy (non-hydrogen) atoms. The van der Waals surface area contributed by atoms with Gasteiger partial charge < -0.3 is 15.6 Å². The SMILES string of the molecule is CCOC(=O)c1nn(C)cc1C(N)CO. The lowest BCUT2D eigenvalue weighted by Crippen LogP contribution is -2.18. The lowest BCUT2D eigenvalue weighted by atomic mass is 10.1. The Hall–Kier alpha value is -1.40. The Labute approximate surface area is 87.6 Å². The standard InChI is InChI=1S/C9H15N3O3/c1-3-15-9(14)8-6(7(10)5-13)4-12(2)11-8/h4,7,13H,3,5,10H2,1-2H3. The molecular formula is C9H15N3O3. The second-order valence-corrected chi connectivity index (χ2v) is 3.12. The molecule has 0 saturated carbocycles. The summed E-state index contributed by atoms with van der Waals surface area (Å²) in [5, 5.41) is 12.9. The maximum atomic E-state index is 11.5.